The van der Waals surface area contributed by atoms with E-state index >= 15 is 0 Å². The first-order valence-corrected chi connectivity index (χ1v) is 8.98. The molecule has 1 heterocycles. The zero-order chi connectivity index (χ0) is 16.9. The van der Waals surface area contributed by atoms with Gasteiger partial charge in [-0.15, -0.1) is 0 Å². The minimum Gasteiger partial charge on any atom is -0.389 e. The van der Waals surface area contributed by atoms with Gasteiger partial charge < -0.3 is 15.7 Å². The van der Waals surface area contributed by atoms with Gasteiger partial charge in [-0.3, -0.25) is 4.79 Å². The monoisotopic (exact) mass is 332 g/mol. The summed E-state index contributed by atoms with van der Waals surface area (Å²) in [4.78, 5) is 12.6. The van der Waals surface area contributed by atoms with Gasteiger partial charge in [-0.25, -0.2) is 4.39 Å². The largest absolute Gasteiger partial charge is 0.389 e. The average molecular weight is 332 g/mol. The minimum absolute atomic E-state index is 0.0996. The Morgan fingerprint density at radius 3 is 2.62 bits per heavy atom. The Hall–Kier alpha value is -1.62. The number of aliphatic hydroxyl groups is 1. The topological polar surface area (TPSA) is 61.4 Å². The van der Waals surface area contributed by atoms with Crippen molar-refractivity contribution in [2.45, 2.75) is 63.5 Å². The molecule has 4 rings (SSSR count). The maximum Gasteiger partial charge on any atom is 0.242 e. The molecule has 24 heavy (non-hydrogen) atoms. The first kappa shape index (κ1) is 15.9. The van der Waals surface area contributed by atoms with Crippen LogP contribution in [0, 0.1) is 18.2 Å². The van der Waals surface area contributed by atoms with Crippen molar-refractivity contribution >= 4 is 11.6 Å². The Balaban J connectivity index is 1.40. The molecule has 1 aromatic rings. The lowest BCUT2D eigenvalue weighted by Crippen LogP contribution is -2.61. The van der Waals surface area contributed by atoms with Gasteiger partial charge in [-0.05, 0) is 56.7 Å². The molecule has 0 radical (unpaired) electrons. The second-order valence-corrected chi connectivity index (χ2v) is 7.91. The molecule has 2 aliphatic carbocycles. The van der Waals surface area contributed by atoms with Crippen LogP contribution in [0.3, 0.4) is 0 Å². The van der Waals surface area contributed by atoms with E-state index in [1.807, 2.05) is 13.0 Å². The fourth-order valence-corrected chi connectivity index (χ4v) is 4.54. The summed E-state index contributed by atoms with van der Waals surface area (Å²) in [6.07, 6.45) is 6.23. The van der Waals surface area contributed by atoms with E-state index in [1.54, 1.807) is 0 Å². The Morgan fingerprint density at radius 2 is 2.04 bits per heavy atom. The molecule has 1 amide bonds. The molecule has 4 nitrogen and oxygen atoms in total. The number of rotatable bonds is 4. The first-order valence-electron chi connectivity index (χ1n) is 8.98. The van der Waals surface area contributed by atoms with E-state index < -0.39 is 11.6 Å². The third-order valence-electron chi connectivity index (χ3n) is 6.47. The van der Waals surface area contributed by atoms with Gasteiger partial charge >= 0.3 is 0 Å². The second kappa shape index (κ2) is 5.45. The van der Waals surface area contributed by atoms with E-state index in [9.17, 15) is 14.3 Å². The maximum atomic E-state index is 14.0. The van der Waals surface area contributed by atoms with Crippen molar-refractivity contribution in [3.05, 3.63) is 29.1 Å². The van der Waals surface area contributed by atoms with Gasteiger partial charge in [0.15, 0.2) is 0 Å². The lowest BCUT2D eigenvalue weighted by Gasteiger charge is -2.57. The lowest BCUT2D eigenvalue weighted by atomic mass is 9.52. The van der Waals surface area contributed by atoms with Crippen molar-refractivity contribution in [1.82, 2.24) is 5.32 Å². The van der Waals surface area contributed by atoms with Crippen molar-refractivity contribution in [3.8, 4) is 0 Å². The standard InChI is InChI=1S/C19H25FN2O2/c1-12-8-14(20)13-10-16(22-15(13)9-12)17(23)21-11-18(4-2-5-18)19(24)6-3-7-19/h8-9,16,22,24H,2-7,10-11H2,1H3,(H,21,23). The molecular formula is C19H25FN2O2. The number of anilines is 1. The zero-order valence-electron chi connectivity index (χ0n) is 14.1. The van der Waals surface area contributed by atoms with Crippen LogP contribution < -0.4 is 10.6 Å². The van der Waals surface area contributed by atoms with Crippen molar-refractivity contribution in [2.75, 3.05) is 11.9 Å². The van der Waals surface area contributed by atoms with Gasteiger partial charge in [-0.2, -0.15) is 0 Å². The molecule has 5 heteroatoms. The van der Waals surface area contributed by atoms with E-state index in [4.69, 9.17) is 0 Å². The highest BCUT2D eigenvalue weighted by Crippen LogP contribution is 2.56. The van der Waals surface area contributed by atoms with Crippen molar-refractivity contribution in [3.63, 3.8) is 0 Å². The maximum absolute atomic E-state index is 14.0. The van der Waals surface area contributed by atoms with E-state index in [0.29, 0.717) is 18.5 Å². The van der Waals surface area contributed by atoms with Crippen LogP contribution in [0.5, 0.6) is 0 Å². The van der Waals surface area contributed by atoms with Gasteiger partial charge in [0, 0.05) is 29.6 Å². The second-order valence-electron chi connectivity index (χ2n) is 7.91. The highest BCUT2D eigenvalue weighted by molar-refractivity contribution is 5.87. The van der Waals surface area contributed by atoms with Gasteiger partial charge in [0.25, 0.3) is 0 Å². The summed E-state index contributed by atoms with van der Waals surface area (Å²) >= 11 is 0. The number of aryl methyl sites for hydroxylation is 1. The SMILES string of the molecule is Cc1cc(F)c2c(c1)NC(C(=O)NCC1(C3(O)CCC3)CCC1)C2. The Bertz CT molecular complexity index is 680. The summed E-state index contributed by atoms with van der Waals surface area (Å²) in [5, 5.41) is 16.9. The third-order valence-corrected chi connectivity index (χ3v) is 6.47. The molecule has 130 valence electrons. The Morgan fingerprint density at radius 1 is 1.33 bits per heavy atom. The smallest absolute Gasteiger partial charge is 0.242 e. The predicted octanol–water partition coefficient (Wildman–Crippen LogP) is 2.67. The molecular weight excluding hydrogens is 307 g/mol. The summed E-state index contributed by atoms with van der Waals surface area (Å²) in [5.74, 6) is -0.343. The zero-order valence-corrected chi connectivity index (χ0v) is 14.1. The molecule has 2 fully saturated rings. The molecule has 0 aromatic heterocycles. The fraction of sp³-hybridized carbons (Fsp3) is 0.632. The molecule has 3 aliphatic rings. The number of carbonyl (C=O) groups is 1. The van der Waals surface area contributed by atoms with Crippen LogP contribution in [0.25, 0.3) is 0 Å². The molecule has 0 spiro atoms. The lowest BCUT2D eigenvalue weighted by molar-refractivity contribution is -0.173. The van der Waals surface area contributed by atoms with E-state index in [-0.39, 0.29) is 17.1 Å². The number of fused-ring (bicyclic) bond motifs is 1. The van der Waals surface area contributed by atoms with E-state index in [0.717, 1.165) is 49.8 Å². The molecule has 1 aromatic carbocycles. The van der Waals surface area contributed by atoms with Gasteiger partial charge in [0.1, 0.15) is 11.9 Å². The minimum atomic E-state index is -0.589. The highest BCUT2D eigenvalue weighted by Gasteiger charge is 2.56. The van der Waals surface area contributed by atoms with Crippen LogP contribution in [0.1, 0.15) is 49.7 Å². The highest BCUT2D eigenvalue weighted by atomic mass is 19.1. The van der Waals surface area contributed by atoms with E-state index in [2.05, 4.69) is 10.6 Å². The third kappa shape index (κ3) is 2.32. The average Bonchev–Trinajstić information content (AvgIpc) is 2.88. The number of carbonyl (C=O) groups excluding carboxylic acids is 1. The number of amides is 1. The summed E-state index contributed by atoms with van der Waals surface area (Å²) in [7, 11) is 0. The summed E-state index contributed by atoms with van der Waals surface area (Å²) < 4.78 is 14.0. The van der Waals surface area contributed by atoms with Crippen molar-refractivity contribution in [1.29, 1.82) is 0 Å². The van der Waals surface area contributed by atoms with Crippen molar-refractivity contribution in [2.24, 2.45) is 5.41 Å². The Labute approximate surface area is 141 Å². The fourth-order valence-electron chi connectivity index (χ4n) is 4.54. The van der Waals surface area contributed by atoms with Crippen LogP contribution >= 0.6 is 0 Å². The van der Waals surface area contributed by atoms with Gasteiger partial charge in [0.05, 0.1) is 5.60 Å². The quantitative estimate of drug-likeness (QED) is 0.794. The summed E-state index contributed by atoms with van der Waals surface area (Å²) in [6.45, 7) is 2.37. The number of hydrogen-bond acceptors (Lipinski definition) is 3. The number of hydrogen-bond donors (Lipinski definition) is 3. The molecule has 0 bridgehead atoms. The van der Waals surface area contributed by atoms with Crippen LogP contribution in [0.4, 0.5) is 10.1 Å². The molecule has 1 atom stereocenters. The van der Waals surface area contributed by atoms with Crippen LogP contribution in [0.15, 0.2) is 12.1 Å². The molecule has 1 unspecified atom stereocenters. The molecule has 0 saturated heterocycles. The van der Waals surface area contributed by atoms with Crippen molar-refractivity contribution < 1.29 is 14.3 Å². The van der Waals surface area contributed by atoms with E-state index in [1.165, 1.54) is 6.07 Å². The Kier molecular flexibility index (Phi) is 3.60. The molecule has 1 aliphatic heterocycles. The summed E-state index contributed by atoms with van der Waals surface area (Å²) in [6, 6.07) is 2.97. The van der Waals surface area contributed by atoms with Gasteiger partial charge in [0.2, 0.25) is 5.91 Å². The molecule has 2 saturated carbocycles. The van der Waals surface area contributed by atoms with Crippen LogP contribution in [-0.2, 0) is 11.2 Å². The summed E-state index contributed by atoms with van der Waals surface area (Å²) in [5.41, 5.74) is 1.43. The molecule has 3 N–H and O–H groups in total. The van der Waals surface area contributed by atoms with Crippen LogP contribution in [0.2, 0.25) is 0 Å². The van der Waals surface area contributed by atoms with Crippen LogP contribution in [-0.4, -0.2) is 29.2 Å². The number of benzene rings is 1. The first-order chi connectivity index (χ1) is 11.4. The number of halogens is 1. The predicted molar refractivity (Wildman–Crippen MR) is 90.3 cm³/mol. The normalized spacial score (nSPS) is 25.9. The van der Waals surface area contributed by atoms with Gasteiger partial charge in [-0.1, -0.05) is 6.42 Å². The number of nitrogens with one attached hydrogen (secondary N) is 2.